The van der Waals surface area contributed by atoms with Crippen LogP contribution in [-0.2, 0) is 16.4 Å². The molecule has 0 saturated carbocycles. The van der Waals surface area contributed by atoms with Crippen LogP contribution in [0.25, 0.3) is 0 Å². The van der Waals surface area contributed by atoms with Crippen molar-refractivity contribution in [3.05, 3.63) is 76.3 Å². The van der Waals surface area contributed by atoms with Crippen LogP contribution in [-0.4, -0.2) is 42.1 Å². The normalized spacial score (nSPS) is 11.3. The maximum Gasteiger partial charge on any atom is 0.270 e. The highest BCUT2D eigenvalue weighted by Crippen LogP contribution is 2.30. The topological polar surface area (TPSA) is 126 Å². The van der Waals surface area contributed by atoms with E-state index >= 15 is 0 Å². The van der Waals surface area contributed by atoms with Crippen molar-refractivity contribution < 1.29 is 18.0 Å². The second kappa shape index (κ2) is 8.29. The molecule has 2 aromatic heterocycles. The largest absolute Gasteiger partial charge is 0.364 e. The Kier molecular flexibility index (Phi) is 5.95. The summed E-state index contributed by atoms with van der Waals surface area (Å²) in [7, 11) is -2.55. The Morgan fingerprint density at radius 1 is 1.17 bits per heavy atom. The molecule has 0 spiro atoms. The molecule has 2 heterocycles. The monoisotopic (exact) mass is 446 g/mol. The Morgan fingerprint density at radius 2 is 1.83 bits per heavy atom. The van der Waals surface area contributed by atoms with Crippen molar-refractivity contribution in [2.45, 2.75) is 23.3 Å². The molecule has 0 fully saturated rings. The fourth-order valence-electron chi connectivity index (χ4n) is 3.07. The first kappa shape index (κ1) is 21.5. The average molecular weight is 447 g/mol. The van der Waals surface area contributed by atoms with Gasteiger partial charge < -0.3 is 15.6 Å². The Hall–Kier alpha value is -3.17. The SMILES string of the molecule is Cc1c(C(=O)N(C)Cc2ccncc2Cl)[nH]c(C(N)=O)c1S(=O)(=O)c1ccccc1. The van der Waals surface area contributed by atoms with Gasteiger partial charge in [-0.2, -0.15) is 0 Å². The molecule has 3 aromatic rings. The summed E-state index contributed by atoms with van der Waals surface area (Å²) in [4.78, 5) is 32.5. The summed E-state index contributed by atoms with van der Waals surface area (Å²) >= 11 is 6.10. The number of aromatic amines is 1. The molecule has 0 aliphatic heterocycles. The van der Waals surface area contributed by atoms with Gasteiger partial charge in [-0.25, -0.2) is 8.42 Å². The van der Waals surface area contributed by atoms with E-state index in [0.29, 0.717) is 10.6 Å². The molecule has 8 nitrogen and oxygen atoms in total. The maximum atomic E-state index is 13.1. The fourth-order valence-corrected chi connectivity index (χ4v) is 4.92. The molecule has 2 amide bonds. The van der Waals surface area contributed by atoms with Crippen molar-refractivity contribution in [1.82, 2.24) is 14.9 Å². The summed E-state index contributed by atoms with van der Waals surface area (Å²) < 4.78 is 26.3. The first-order valence-electron chi connectivity index (χ1n) is 8.81. The van der Waals surface area contributed by atoms with Crippen molar-refractivity contribution >= 4 is 33.3 Å². The number of carbonyl (C=O) groups excluding carboxylic acids is 2. The smallest absolute Gasteiger partial charge is 0.270 e. The predicted octanol–water partition coefficient (Wildman–Crippen LogP) is 2.58. The second-order valence-corrected chi connectivity index (χ2v) is 8.93. The number of sulfone groups is 1. The number of hydrogen-bond acceptors (Lipinski definition) is 5. The van der Waals surface area contributed by atoms with Gasteiger partial charge in [-0.1, -0.05) is 29.8 Å². The molecular weight excluding hydrogens is 428 g/mol. The van der Waals surface area contributed by atoms with Gasteiger partial charge in [0.2, 0.25) is 9.84 Å². The third-order valence-corrected chi connectivity index (χ3v) is 6.87. The highest BCUT2D eigenvalue weighted by Gasteiger charge is 2.32. The molecular formula is C20H19ClN4O4S. The van der Waals surface area contributed by atoms with Gasteiger partial charge in [0, 0.05) is 26.0 Å². The van der Waals surface area contributed by atoms with Crippen molar-refractivity contribution in [1.29, 1.82) is 0 Å². The molecule has 0 radical (unpaired) electrons. The van der Waals surface area contributed by atoms with Crippen molar-refractivity contribution in [2.75, 3.05) is 7.05 Å². The zero-order chi connectivity index (χ0) is 22.1. The van der Waals surface area contributed by atoms with Crippen LogP contribution in [0.4, 0.5) is 0 Å². The van der Waals surface area contributed by atoms with Gasteiger partial charge in [0.1, 0.15) is 16.3 Å². The lowest BCUT2D eigenvalue weighted by Crippen LogP contribution is -2.27. The van der Waals surface area contributed by atoms with Crippen LogP contribution in [0.15, 0.2) is 58.6 Å². The van der Waals surface area contributed by atoms with E-state index in [9.17, 15) is 18.0 Å². The number of amides is 2. The fraction of sp³-hybridized carbons (Fsp3) is 0.150. The lowest BCUT2D eigenvalue weighted by atomic mass is 10.2. The van der Waals surface area contributed by atoms with Crippen molar-refractivity contribution in [2.24, 2.45) is 5.73 Å². The third-order valence-electron chi connectivity index (χ3n) is 4.59. The third kappa shape index (κ3) is 3.94. The van der Waals surface area contributed by atoms with Crippen LogP contribution >= 0.6 is 11.6 Å². The molecule has 0 aliphatic carbocycles. The zero-order valence-corrected chi connectivity index (χ0v) is 17.8. The van der Waals surface area contributed by atoms with E-state index in [1.54, 1.807) is 30.5 Å². The van der Waals surface area contributed by atoms with Crippen LogP contribution in [0, 0.1) is 6.92 Å². The number of halogens is 1. The van der Waals surface area contributed by atoms with Gasteiger partial charge in [0.25, 0.3) is 11.8 Å². The standard InChI is InChI=1S/C20H19ClN4O4S/c1-12-16(20(27)25(2)11-13-8-9-23-10-15(13)21)24-17(19(22)26)18(12)30(28,29)14-6-4-3-5-7-14/h3-10,24H,11H2,1-2H3,(H2,22,26). The quantitative estimate of drug-likeness (QED) is 0.601. The zero-order valence-electron chi connectivity index (χ0n) is 16.2. The molecule has 156 valence electrons. The molecule has 0 unspecified atom stereocenters. The summed E-state index contributed by atoms with van der Waals surface area (Å²) in [6.45, 7) is 1.62. The minimum Gasteiger partial charge on any atom is -0.364 e. The van der Waals surface area contributed by atoms with Crippen LogP contribution in [0.5, 0.6) is 0 Å². The molecule has 30 heavy (non-hydrogen) atoms. The number of H-pyrrole nitrogens is 1. The van der Waals surface area contributed by atoms with Gasteiger partial charge in [-0.3, -0.25) is 14.6 Å². The molecule has 0 aliphatic rings. The number of pyridine rings is 1. The average Bonchev–Trinajstić information content (AvgIpc) is 3.08. The van der Waals surface area contributed by atoms with E-state index in [1.165, 1.54) is 37.2 Å². The number of hydrogen-bond donors (Lipinski definition) is 2. The lowest BCUT2D eigenvalue weighted by Gasteiger charge is -2.17. The first-order chi connectivity index (χ1) is 14.1. The number of nitrogens with two attached hydrogens (primary N) is 1. The van der Waals surface area contributed by atoms with Gasteiger partial charge in [-0.15, -0.1) is 0 Å². The van der Waals surface area contributed by atoms with E-state index in [0.717, 1.165) is 0 Å². The summed E-state index contributed by atoms with van der Waals surface area (Å²) in [5, 5.41) is 0.394. The van der Waals surface area contributed by atoms with Crippen molar-refractivity contribution in [3.63, 3.8) is 0 Å². The highest BCUT2D eigenvalue weighted by atomic mass is 35.5. The Balaban J connectivity index is 2.05. The number of nitrogens with one attached hydrogen (secondary N) is 1. The number of nitrogens with zero attached hydrogens (tertiary/aromatic N) is 2. The number of rotatable bonds is 6. The number of benzene rings is 1. The number of primary amides is 1. The van der Waals surface area contributed by atoms with E-state index in [1.807, 2.05) is 0 Å². The lowest BCUT2D eigenvalue weighted by molar-refractivity contribution is 0.0779. The highest BCUT2D eigenvalue weighted by molar-refractivity contribution is 7.91. The predicted molar refractivity (Wildman–Crippen MR) is 111 cm³/mol. The molecule has 10 heteroatoms. The molecule has 3 N–H and O–H groups in total. The van der Waals surface area contributed by atoms with Gasteiger partial charge in [-0.05, 0) is 36.2 Å². The Morgan fingerprint density at radius 3 is 2.43 bits per heavy atom. The Labute approximate surface area is 178 Å². The van der Waals surface area contributed by atoms with Crippen LogP contribution in [0.1, 0.15) is 32.1 Å². The minimum atomic E-state index is -4.08. The molecule has 3 rings (SSSR count). The van der Waals surface area contributed by atoms with Crippen LogP contribution in [0.2, 0.25) is 5.02 Å². The maximum absolute atomic E-state index is 13.1. The summed E-state index contributed by atoms with van der Waals surface area (Å²) in [6, 6.07) is 9.30. The van der Waals surface area contributed by atoms with E-state index in [2.05, 4.69) is 9.97 Å². The summed E-state index contributed by atoms with van der Waals surface area (Å²) in [5.74, 6) is -1.50. The molecule has 0 bridgehead atoms. The Bertz CT molecular complexity index is 1220. The van der Waals surface area contributed by atoms with E-state index < -0.39 is 21.7 Å². The summed E-state index contributed by atoms with van der Waals surface area (Å²) in [5.41, 5.74) is 5.82. The minimum absolute atomic E-state index is 0.00878. The van der Waals surface area contributed by atoms with Crippen molar-refractivity contribution in [3.8, 4) is 0 Å². The van der Waals surface area contributed by atoms with Gasteiger partial charge in [0.05, 0.1) is 9.92 Å². The van der Waals surface area contributed by atoms with Gasteiger partial charge >= 0.3 is 0 Å². The molecule has 0 atom stereocenters. The van der Waals surface area contributed by atoms with E-state index in [-0.39, 0.29) is 33.3 Å². The molecule has 0 saturated heterocycles. The second-order valence-electron chi connectivity index (χ2n) is 6.64. The first-order valence-corrected chi connectivity index (χ1v) is 10.7. The van der Waals surface area contributed by atoms with Crippen LogP contribution in [0.3, 0.4) is 0 Å². The number of carbonyl (C=O) groups is 2. The van der Waals surface area contributed by atoms with Gasteiger partial charge in [0.15, 0.2) is 0 Å². The number of aromatic nitrogens is 2. The van der Waals surface area contributed by atoms with Crippen LogP contribution < -0.4 is 5.73 Å². The molecule has 1 aromatic carbocycles. The van der Waals surface area contributed by atoms with E-state index in [4.69, 9.17) is 17.3 Å². The summed E-state index contributed by atoms with van der Waals surface area (Å²) in [6.07, 6.45) is 3.01.